The molecule has 0 aromatic heterocycles. The number of benzene rings is 2. The Morgan fingerprint density at radius 3 is 2.26 bits per heavy atom. The van der Waals surface area contributed by atoms with E-state index in [1.54, 1.807) is 25.1 Å². The topological polar surface area (TPSA) is 38.3 Å². The van der Waals surface area contributed by atoms with Crippen LogP contribution in [0.2, 0.25) is 10.0 Å². The molecule has 5 heteroatoms. The molecule has 0 fully saturated rings. The molecule has 2 aromatic rings. The molecule has 0 radical (unpaired) electrons. The van der Waals surface area contributed by atoms with Crippen molar-refractivity contribution in [3.8, 4) is 5.75 Å². The molecule has 1 amide bonds. The van der Waals surface area contributed by atoms with E-state index in [1.165, 1.54) is 5.56 Å². The molecule has 23 heavy (non-hydrogen) atoms. The van der Waals surface area contributed by atoms with E-state index in [4.69, 9.17) is 27.9 Å². The van der Waals surface area contributed by atoms with E-state index in [0.29, 0.717) is 27.4 Å². The van der Waals surface area contributed by atoms with Crippen molar-refractivity contribution in [3.05, 3.63) is 58.1 Å². The van der Waals surface area contributed by atoms with Crippen LogP contribution in [0.4, 0.5) is 5.69 Å². The molecule has 0 saturated carbocycles. The minimum absolute atomic E-state index is 0.276. The Kier molecular flexibility index (Phi) is 5.91. The highest BCUT2D eigenvalue weighted by molar-refractivity contribution is 6.36. The SMILES string of the molecule is CC(C)c1ccc(O[C@H](C)C(=O)Nc2ccc(Cl)cc2Cl)cc1. The lowest BCUT2D eigenvalue weighted by Crippen LogP contribution is -2.30. The van der Waals surface area contributed by atoms with E-state index in [-0.39, 0.29) is 5.91 Å². The van der Waals surface area contributed by atoms with Crippen LogP contribution >= 0.6 is 23.2 Å². The summed E-state index contributed by atoms with van der Waals surface area (Å²) < 4.78 is 5.67. The zero-order valence-electron chi connectivity index (χ0n) is 13.3. The van der Waals surface area contributed by atoms with Crippen molar-refractivity contribution in [3.63, 3.8) is 0 Å². The van der Waals surface area contributed by atoms with Gasteiger partial charge in [0.1, 0.15) is 5.75 Å². The number of carbonyl (C=O) groups excluding carboxylic acids is 1. The van der Waals surface area contributed by atoms with Crippen LogP contribution < -0.4 is 10.1 Å². The average Bonchev–Trinajstić information content (AvgIpc) is 2.50. The van der Waals surface area contributed by atoms with Crippen LogP contribution in [0.3, 0.4) is 0 Å². The molecular weight excluding hydrogens is 333 g/mol. The second-order valence-corrected chi connectivity index (χ2v) is 6.44. The van der Waals surface area contributed by atoms with E-state index >= 15 is 0 Å². The molecule has 0 aliphatic carbocycles. The second kappa shape index (κ2) is 7.71. The Morgan fingerprint density at radius 1 is 1.04 bits per heavy atom. The third-order valence-corrected chi connectivity index (χ3v) is 3.97. The Labute approximate surface area is 146 Å². The van der Waals surface area contributed by atoms with Crippen molar-refractivity contribution < 1.29 is 9.53 Å². The molecule has 2 rings (SSSR count). The fourth-order valence-electron chi connectivity index (χ4n) is 2.01. The number of hydrogen-bond acceptors (Lipinski definition) is 2. The van der Waals surface area contributed by atoms with Crippen LogP contribution in [0.5, 0.6) is 5.75 Å². The van der Waals surface area contributed by atoms with Gasteiger partial charge in [0, 0.05) is 5.02 Å². The quantitative estimate of drug-likeness (QED) is 0.769. The predicted molar refractivity (Wildman–Crippen MR) is 95.7 cm³/mol. The van der Waals surface area contributed by atoms with Gasteiger partial charge in [0.25, 0.3) is 5.91 Å². The smallest absolute Gasteiger partial charge is 0.265 e. The summed E-state index contributed by atoms with van der Waals surface area (Å²) in [5.74, 6) is 0.832. The van der Waals surface area contributed by atoms with E-state index < -0.39 is 6.10 Å². The van der Waals surface area contributed by atoms with Gasteiger partial charge in [-0.3, -0.25) is 4.79 Å². The fraction of sp³-hybridized carbons (Fsp3) is 0.278. The van der Waals surface area contributed by atoms with Gasteiger partial charge in [-0.25, -0.2) is 0 Å². The van der Waals surface area contributed by atoms with Crippen LogP contribution in [0.1, 0.15) is 32.3 Å². The summed E-state index contributed by atoms with van der Waals surface area (Å²) in [5, 5.41) is 3.64. The highest BCUT2D eigenvalue weighted by Crippen LogP contribution is 2.26. The van der Waals surface area contributed by atoms with E-state index in [2.05, 4.69) is 19.2 Å². The molecule has 0 aliphatic rings. The zero-order chi connectivity index (χ0) is 17.0. The first-order chi connectivity index (χ1) is 10.9. The normalized spacial score (nSPS) is 12.1. The Bertz CT molecular complexity index is 684. The van der Waals surface area contributed by atoms with Gasteiger partial charge >= 0.3 is 0 Å². The number of nitrogens with one attached hydrogen (secondary N) is 1. The molecule has 1 N–H and O–H groups in total. The third-order valence-electron chi connectivity index (χ3n) is 3.42. The number of carbonyl (C=O) groups is 1. The first kappa shape index (κ1) is 17.6. The molecule has 0 saturated heterocycles. The van der Waals surface area contributed by atoms with Gasteiger partial charge in [-0.15, -0.1) is 0 Å². The largest absolute Gasteiger partial charge is 0.481 e. The zero-order valence-corrected chi connectivity index (χ0v) is 14.8. The number of amides is 1. The first-order valence-corrected chi connectivity index (χ1v) is 8.15. The summed E-state index contributed by atoms with van der Waals surface area (Å²) in [4.78, 5) is 12.2. The molecule has 0 bridgehead atoms. The Balaban J connectivity index is 1.99. The van der Waals surface area contributed by atoms with E-state index in [1.807, 2.05) is 24.3 Å². The second-order valence-electron chi connectivity index (χ2n) is 5.60. The van der Waals surface area contributed by atoms with Gasteiger partial charge in [0.05, 0.1) is 10.7 Å². The summed E-state index contributed by atoms with van der Waals surface area (Å²) in [6, 6.07) is 12.6. The average molecular weight is 352 g/mol. The Hall–Kier alpha value is -1.71. The van der Waals surface area contributed by atoms with Crippen LogP contribution in [0, 0.1) is 0 Å². The lowest BCUT2D eigenvalue weighted by atomic mass is 10.0. The molecule has 2 aromatic carbocycles. The molecule has 0 heterocycles. The predicted octanol–water partition coefficient (Wildman–Crippen LogP) is 5.52. The van der Waals surface area contributed by atoms with E-state index in [9.17, 15) is 4.79 Å². The maximum Gasteiger partial charge on any atom is 0.265 e. The minimum Gasteiger partial charge on any atom is -0.481 e. The van der Waals surface area contributed by atoms with Crippen molar-refractivity contribution in [2.45, 2.75) is 32.8 Å². The van der Waals surface area contributed by atoms with Gasteiger partial charge in [-0.2, -0.15) is 0 Å². The van der Waals surface area contributed by atoms with Gasteiger partial charge in [-0.05, 0) is 48.7 Å². The fourth-order valence-corrected chi connectivity index (χ4v) is 2.47. The van der Waals surface area contributed by atoms with Gasteiger partial charge < -0.3 is 10.1 Å². The molecule has 0 spiro atoms. The van der Waals surface area contributed by atoms with Gasteiger partial charge in [0.2, 0.25) is 0 Å². The maximum atomic E-state index is 12.2. The van der Waals surface area contributed by atoms with Crippen molar-refractivity contribution in [1.29, 1.82) is 0 Å². The standard InChI is InChI=1S/C18H19Cl2NO2/c1-11(2)13-4-7-15(8-5-13)23-12(3)18(22)21-17-9-6-14(19)10-16(17)20/h4-12H,1-3H3,(H,21,22)/t12-/m1/s1. The van der Waals surface area contributed by atoms with Gasteiger partial charge in [-0.1, -0.05) is 49.2 Å². The van der Waals surface area contributed by atoms with Crippen molar-refractivity contribution in [2.24, 2.45) is 0 Å². The monoisotopic (exact) mass is 351 g/mol. The molecule has 0 unspecified atom stereocenters. The van der Waals surface area contributed by atoms with E-state index in [0.717, 1.165) is 0 Å². The molecular formula is C18H19Cl2NO2. The highest BCUT2D eigenvalue weighted by atomic mass is 35.5. The summed E-state index contributed by atoms with van der Waals surface area (Å²) in [5.41, 5.74) is 1.73. The summed E-state index contributed by atoms with van der Waals surface area (Å²) in [7, 11) is 0. The lowest BCUT2D eigenvalue weighted by Gasteiger charge is -2.16. The van der Waals surface area contributed by atoms with Crippen LogP contribution in [0.25, 0.3) is 0 Å². The highest BCUT2D eigenvalue weighted by Gasteiger charge is 2.16. The minimum atomic E-state index is -0.647. The molecule has 1 atom stereocenters. The number of hydrogen-bond donors (Lipinski definition) is 1. The number of rotatable bonds is 5. The lowest BCUT2D eigenvalue weighted by molar-refractivity contribution is -0.122. The third kappa shape index (κ3) is 4.88. The summed E-state index contributed by atoms with van der Waals surface area (Å²) >= 11 is 11.9. The molecule has 122 valence electrons. The van der Waals surface area contributed by atoms with Gasteiger partial charge in [0.15, 0.2) is 6.10 Å². The van der Waals surface area contributed by atoms with Crippen molar-refractivity contribution in [2.75, 3.05) is 5.32 Å². The molecule has 3 nitrogen and oxygen atoms in total. The van der Waals surface area contributed by atoms with Crippen molar-refractivity contribution in [1.82, 2.24) is 0 Å². The number of ether oxygens (including phenoxy) is 1. The van der Waals surface area contributed by atoms with Crippen LogP contribution in [-0.2, 0) is 4.79 Å². The van der Waals surface area contributed by atoms with Crippen LogP contribution in [0.15, 0.2) is 42.5 Å². The number of halogens is 2. The summed E-state index contributed by atoms with van der Waals surface area (Å²) in [6.07, 6.45) is -0.647. The van der Waals surface area contributed by atoms with Crippen molar-refractivity contribution >= 4 is 34.8 Å². The Morgan fingerprint density at radius 2 is 1.70 bits per heavy atom. The molecule has 0 aliphatic heterocycles. The maximum absolute atomic E-state index is 12.2. The summed E-state index contributed by atoms with van der Waals surface area (Å²) in [6.45, 7) is 5.94. The first-order valence-electron chi connectivity index (χ1n) is 7.39. The van der Waals surface area contributed by atoms with Crippen LogP contribution in [-0.4, -0.2) is 12.0 Å². The number of anilines is 1.